The van der Waals surface area contributed by atoms with Crippen molar-refractivity contribution in [1.29, 1.82) is 0 Å². The number of rotatable bonds is 5. The van der Waals surface area contributed by atoms with Crippen molar-refractivity contribution >= 4 is 10.9 Å². The van der Waals surface area contributed by atoms with Gasteiger partial charge in [0.2, 0.25) is 0 Å². The van der Waals surface area contributed by atoms with E-state index in [-0.39, 0.29) is 11.1 Å². The van der Waals surface area contributed by atoms with Crippen LogP contribution in [0.5, 0.6) is 0 Å². The second kappa shape index (κ2) is 8.54. The maximum Gasteiger partial charge on any atom is 0.252 e. The van der Waals surface area contributed by atoms with Gasteiger partial charge in [-0.2, -0.15) is 0 Å². The van der Waals surface area contributed by atoms with Gasteiger partial charge in [-0.05, 0) is 81.1 Å². The molecule has 0 radical (unpaired) electrons. The van der Waals surface area contributed by atoms with Crippen molar-refractivity contribution < 1.29 is 0 Å². The van der Waals surface area contributed by atoms with Crippen LogP contribution in [0, 0.1) is 13.8 Å². The standard InChI is InChI=1S/C24H34N6O/c1-16-11-17(2)20-13-18(23(31)25-21(20)12-16)14-29(19-9-7-6-8-10-19)15-22-26-27-28-30(22)24(3,4)5/h11-13,19H,6-10,14-15H2,1-5H3,(H,25,31). The molecule has 0 atom stereocenters. The molecule has 3 aromatic rings. The van der Waals surface area contributed by atoms with Gasteiger partial charge in [0, 0.05) is 29.1 Å². The Kier molecular flexibility index (Phi) is 5.97. The summed E-state index contributed by atoms with van der Waals surface area (Å²) >= 11 is 0. The third-order valence-electron chi connectivity index (χ3n) is 6.37. The fraction of sp³-hybridized carbons (Fsp3) is 0.583. The van der Waals surface area contributed by atoms with Crippen LogP contribution in [0.1, 0.15) is 75.4 Å². The van der Waals surface area contributed by atoms with Crippen LogP contribution >= 0.6 is 0 Å². The van der Waals surface area contributed by atoms with Gasteiger partial charge >= 0.3 is 0 Å². The average molecular weight is 423 g/mol. The summed E-state index contributed by atoms with van der Waals surface area (Å²) in [7, 11) is 0. The van der Waals surface area contributed by atoms with Crippen LogP contribution in [0.15, 0.2) is 23.0 Å². The molecule has 7 nitrogen and oxygen atoms in total. The molecule has 0 saturated heterocycles. The molecule has 7 heteroatoms. The summed E-state index contributed by atoms with van der Waals surface area (Å²) < 4.78 is 1.90. The lowest BCUT2D eigenvalue weighted by molar-refractivity contribution is 0.130. The number of pyridine rings is 1. The van der Waals surface area contributed by atoms with E-state index in [0.717, 1.165) is 40.7 Å². The van der Waals surface area contributed by atoms with Gasteiger partial charge < -0.3 is 4.98 Å². The molecular formula is C24H34N6O. The first-order valence-electron chi connectivity index (χ1n) is 11.4. The quantitative estimate of drug-likeness (QED) is 0.666. The van der Waals surface area contributed by atoms with E-state index in [9.17, 15) is 4.79 Å². The zero-order chi connectivity index (χ0) is 22.2. The average Bonchev–Trinajstić information content (AvgIpc) is 3.18. The van der Waals surface area contributed by atoms with Crippen LogP contribution in [0.4, 0.5) is 0 Å². The summed E-state index contributed by atoms with van der Waals surface area (Å²) in [6, 6.07) is 6.73. The lowest BCUT2D eigenvalue weighted by Gasteiger charge is -2.34. The van der Waals surface area contributed by atoms with Gasteiger partial charge in [-0.1, -0.05) is 25.3 Å². The van der Waals surface area contributed by atoms with Crippen molar-refractivity contribution in [2.24, 2.45) is 0 Å². The fourth-order valence-electron chi connectivity index (χ4n) is 4.82. The Balaban J connectivity index is 1.69. The van der Waals surface area contributed by atoms with Crippen LogP contribution in [-0.2, 0) is 18.6 Å². The molecule has 4 rings (SSSR count). The van der Waals surface area contributed by atoms with Gasteiger partial charge in [0.15, 0.2) is 5.82 Å². The number of hydrogen-bond acceptors (Lipinski definition) is 5. The number of aromatic nitrogens is 5. The summed E-state index contributed by atoms with van der Waals surface area (Å²) in [5, 5.41) is 13.6. The first kappa shape index (κ1) is 21.7. The Morgan fingerprint density at radius 1 is 1.10 bits per heavy atom. The number of hydrogen-bond donors (Lipinski definition) is 1. The highest BCUT2D eigenvalue weighted by Crippen LogP contribution is 2.26. The number of aryl methyl sites for hydroxylation is 2. The molecule has 1 N–H and O–H groups in total. The van der Waals surface area contributed by atoms with Gasteiger partial charge in [-0.25, -0.2) is 4.68 Å². The van der Waals surface area contributed by atoms with E-state index in [2.05, 4.69) is 72.2 Å². The number of aromatic amines is 1. The normalized spacial score (nSPS) is 15.8. The number of H-pyrrole nitrogens is 1. The molecule has 0 spiro atoms. The van der Waals surface area contributed by atoms with E-state index in [1.165, 1.54) is 24.8 Å². The first-order valence-corrected chi connectivity index (χ1v) is 11.4. The molecule has 0 aliphatic heterocycles. The molecule has 166 valence electrons. The summed E-state index contributed by atoms with van der Waals surface area (Å²) in [6.07, 6.45) is 6.07. The zero-order valence-corrected chi connectivity index (χ0v) is 19.4. The van der Waals surface area contributed by atoms with E-state index in [1.807, 2.05) is 10.7 Å². The molecule has 1 aliphatic rings. The number of nitrogens with one attached hydrogen (secondary N) is 1. The Labute approximate surface area is 183 Å². The number of fused-ring (bicyclic) bond motifs is 1. The number of nitrogens with zero attached hydrogens (tertiary/aromatic N) is 5. The topological polar surface area (TPSA) is 79.7 Å². The minimum Gasteiger partial charge on any atom is -0.322 e. The van der Waals surface area contributed by atoms with Gasteiger partial charge in [0.25, 0.3) is 5.56 Å². The molecular weight excluding hydrogens is 388 g/mol. The Hall–Kier alpha value is -2.54. The molecule has 2 aromatic heterocycles. The Morgan fingerprint density at radius 3 is 2.55 bits per heavy atom. The van der Waals surface area contributed by atoms with E-state index in [4.69, 9.17) is 0 Å². The monoisotopic (exact) mass is 422 g/mol. The Bertz CT molecular complexity index is 1120. The van der Waals surface area contributed by atoms with Crippen molar-refractivity contribution in [3.63, 3.8) is 0 Å². The second-order valence-electron chi connectivity index (χ2n) is 10.0. The number of tetrazole rings is 1. The van der Waals surface area contributed by atoms with Crippen LogP contribution in [0.2, 0.25) is 0 Å². The fourth-order valence-corrected chi connectivity index (χ4v) is 4.82. The van der Waals surface area contributed by atoms with Crippen LogP contribution in [0.3, 0.4) is 0 Å². The molecule has 2 heterocycles. The molecule has 1 aromatic carbocycles. The highest BCUT2D eigenvalue weighted by Gasteiger charge is 2.27. The predicted octanol–water partition coefficient (Wildman–Crippen LogP) is 4.22. The highest BCUT2D eigenvalue weighted by molar-refractivity contribution is 5.83. The van der Waals surface area contributed by atoms with E-state index >= 15 is 0 Å². The van der Waals surface area contributed by atoms with Crippen molar-refractivity contribution in [2.75, 3.05) is 0 Å². The Morgan fingerprint density at radius 2 is 1.84 bits per heavy atom. The summed E-state index contributed by atoms with van der Waals surface area (Å²) in [6.45, 7) is 11.7. The maximum atomic E-state index is 13.0. The van der Waals surface area contributed by atoms with E-state index in [0.29, 0.717) is 19.1 Å². The first-order chi connectivity index (χ1) is 14.7. The SMILES string of the molecule is Cc1cc(C)c2cc(CN(Cc3nnnn3C(C)(C)C)C3CCCCC3)c(=O)[nH]c2c1. The van der Waals surface area contributed by atoms with Crippen LogP contribution in [-0.4, -0.2) is 36.1 Å². The molecule has 1 fully saturated rings. The lowest BCUT2D eigenvalue weighted by atomic mass is 9.93. The van der Waals surface area contributed by atoms with Crippen molar-refractivity contribution in [1.82, 2.24) is 30.1 Å². The summed E-state index contributed by atoms with van der Waals surface area (Å²) in [4.78, 5) is 18.5. The molecule has 0 bridgehead atoms. The van der Waals surface area contributed by atoms with Gasteiger partial charge in [-0.15, -0.1) is 5.10 Å². The summed E-state index contributed by atoms with van der Waals surface area (Å²) in [5.74, 6) is 0.849. The van der Waals surface area contributed by atoms with Crippen molar-refractivity contribution in [3.8, 4) is 0 Å². The third kappa shape index (κ3) is 4.71. The van der Waals surface area contributed by atoms with Gasteiger partial charge in [0.05, 0.1) is 12.1 Å². The lowest BCUT2D eigenvalue weighted by Crippen LogP contribution is -2.39. The minimum atomic E-state index is -0.188. The predicted molar refractivity (Wildman–Crippen MR) is 123 cm³/mol. The smallest absolute Gasteiger partial charge is 0.252 e. The third-order valence-corrected chi connectivity index (χ3v) is 6.37. The van der Waals surface area contributed by atoms with E-state index < -0.39 is 0 Å². The minimum absolute atomic E-state index is 0.00581. The molecule has 1 saturated carbocycles. The van der Waals surface area contributed by atoms with Crippen molar-refractivity contribution in [3.05, 3.63) is 51.1 Å². The van der Waals surface area contributed by atoms with Gasteiger partial charge in [-0.3, -0.25) is 9.69 Å². The van der Waals surface area contributed by atoms with Crippen LogP contribution in [0.25, 0.3) is 10.9 Å². The molecule has 1 aliphatic carbocycles. The summed E-state index contributed by atoms with van der Waals surface area (Å²) in [5.41, 5.74) is 3.87. The van der Waals surface area contributed by atoms with Crippen LogP contribution < -0.4 is 5.56 Å². The second-order valence-corrected chi connectivity index (χ2v) is 10.0. The van der Waals surface area contributed by atoms with Crippen molar-refractivity contribution in [2.45, 2.75) is 91.4 Å². The maximum absolute atomic E-state index is 13.0. The van der Waals surface area contributed by atoms with E-state index in [1.54, 1.807) is 0 Å². The molecule has 0 unspecified atom stereocenters. The molecule has 31 heavy (non-hydrogen) atoms. The largest absolute Gasteiger partial charge is 0.322 e. The number of benzene rings is 1. The zero-order valence-electron chi connectivity index (χ0n) is 19.4. The van der Waals surface area contributed by atoms with Gasteiger partial charge in [0.1, 0.15) is 0 Å². The highest BCUT2D eigenvalue weighted by atomic mass is 16.1. The molecule has 0 amide bonds.